The molecular weight excluding hydrogens is 205 g/mol. The first-order chi connectivity index (χ1) is 6.22. The molecule has 0 aliphatic rings. The van der Waals surface area contributed by atoms with Crippen LogP contribution in [-0.2, 0) is 4.79 Å². The van der Waals surface area contributed by atoms with E-state index in [-0.39, 0.29) is 0 Å². The van der Waals surface area contributed by atoms with Crippen LogP contribution in [-0.4, -0.2) is 35.9 Å². The van der Waals surface area contributed by atoms with Crippen molar-refractivity contribution in [2.24, 2.45) is 0 Å². The number of hydrogen-bond acceptors (Lipinski definition) is 2. The third-order valence-corrected chi connectivity index (χ3v) is 1.20. The van der Waals surface area contributed by atoms with E-state index in [9.17, 15) is 22.8 Å². The molecule has 0 unspecified atom stereocenters. The molecule has 1 atom stereocenters. The number of halogens is 3. The van der Waals surface area contributed by atoms with Gasteiger partial charge in [-0.05, 0) is 6.92 Å². The molecule has 14 heavy (non-hydrogen) atoms. The lowest BCUT2D eigenvalue weighted by atomic mass is 10.3. The maximum Gasteiger partial charge on any atom is 0.405 e. The Hall–Kier alpha value is -1.47. The van der Waals surface area contributed by atoms with Gasteiger partial charge < -0.3 is 15.7 Å². The van der Waals surface area contributed by atoms with Gasteiger partial charge in [0.2, 0.25) is 5.91 Å². The number of hydrogen-bond donors (Lipinski definition) is 3. The number of carbonyl (C=O) groups is 2. The maximum absolute atomic E-state index is 11.6. The molecule has 0 radical (unpaired) electrons. The minimum Gasteiger partial charge on any atom is -0.465 e. The second-order valence-electron chi connectivity index (χ2n) is 2.50. The number of alkyl halides is 3. The van der Waals surface area contributed by atoms with Crippen LogP contribution in [0.25, 0.3) is 0 Å². The van der Waals surface area contributed by atoms with Crippen molar-refractivity contribution in [1.29, 1.82) is 0 Å². The van der Waals surface area contributed by atoms with Gasteiger partial charge in [0.1, 0.15) is 12.6 Å². The minimum absolute atomic E-state index is 1.02. The van der Waals surface area contributed by atoms with Crippen molar-refractivity contribution in [3.8, 4) is 0 Å². The molecule has 5 nitrogen and oxygen atoms in total. The first-order valence-corrected chi connectivity index (χ1v) is 3.56. The summed E-state index contributed by atoms with van der Waals surface area (Å²) in [6.07, 6.45) is -5.97. The number of amides is 2. The van der Waals surface area contributed by atoms with Gasteiger partial charge in [-0.3, -0.25) is 4.79 Å². The Morgan fingerprint density at radius 2 is 1.93 bits per heavy atom. The maximum atomic E-state index is 11.6. The summed E-state index contributed by atoms with van der Waals surface area (Å²) in [5.74, 6) is -1.02. The molecule has 0 aliphatic heterocycles. The van der Waals surface area contributed by atoms with E-state index in [2.05, 4.69) is 0 Å². The molecule has 0 saturated carbocycles. The summed E-state index contributed by atoms with van der Waals surface area (Å²) in [7, 11) is 0. The highest BCUT2D eigenvalue weighted by Gasteiger charge is 2.28. The van der Waals surface area contributed by atoms with Gasteiger partial charge in [0.15, 0.2) is 0 Å². The van der Waals surface area contributed by atoms with Crippen LogP contribution in [0.5, 0.6) is 0 Å². The average Bonchev–Trinajstić information content (AvgIpc) is 1.97. The van der Waals surface area contributed by atoms with Crippen molar-refractivity contribution < 1.29 is 27.9 Å². The van der Waals surface area contributed by atoms with Gasteiger partial charge in [-0.1, -0.05) is 0 Å². The molecule has 82 valence electrons. The molecule has 2 amide bonds. The number of rotatable bonds is 3. The topological polar surface area (TPSA) is 78.4 Å². The van der Waals surface area contributed by atoms with Crippen molar-refractivity contribution in [1.82, 2.24) is 10.6 Å². The van der Waals surface area contributed by atoms with Crippen LogP contribution >= 0.6 is 0 Å². The summed E-state index contributed by atoms with van der Waals surface area (Å²) in [4.78, 5) is 20.8. The fraction of sp³-hybridized carbons (Fsp3) is 0.667. The fourth-order valence-electron chi connectivity index (χ4n) is 0.591. The molecule has 0 aromatic rings. The van der Waals surface area contributed by atoms with Crippen LogP contribution in [0.4, 0.5) is 18.0 Å². The lowest BCUT2D eigenvalue weighted by Gasteiger charge is -2.12. The molecule has 0 heterocycles. The first-order valence-electron chi connectivity index (χ1n) is 3.56. The molecule has 8 heteroatoms. The Morgan fingerprint density at radius 3 is 2.29 bits per heavy atom. The van der Waals surface area contributed by atoms with E-state index < -0.39 is 30.8 Å². The third kappa shape index (κ3) is 6.09. The van der Waals surface area contributed by atoms with Crippen LogP contribution in [0.1, 0.15) is 6.92 Å². The number of nitrogens with one attached hydrogen (secondary N) is 2. The smallest absolute Gasteiger partial charge is 0.405 e. The second-order valence-corrected chi connectivity index (χ2v) is 2.50. The minimum atomic E-state index is -4.50. The Bertz CT molecular complexity index is 229. The van der Waals surface area contributed by atoms with Crippen molar-refractivity contribution >= 4 is 12.0 Å². The van der Waals surface area contributed by atoms with E-state index in [1.165, 1.54) is 5.32 Å². The van der Waals surface area contributed by atoms with Gasteiger partial charge in [-0.25, -0.2) is 4.79 Å². The summed E-state index contributed by atoms with van der Waals surface area (Å²) in [5.41, 5.74) is 0. The highest BCUT2D eigenvalue weighted by molar-refractivity contribution is 5.84. The lowest BCUT2D eigenvalue weighted by Crippen LogP contribution is -2.46. The third-order valence-electron chi connectivity index (χ3n) is 1.20. The molecule has 0 spiro atoms. The molecule has 0 fully saturated rings. The highest BCUT2D eigenvalue weighted by Crippen LogP contribution is 2.12. The van der Waals surface area contributed by atoms with E-state index in [0.29, 0.717) is 0 Å². The van der Waals surface area contributed by atoms with Crippen molar-refractivity contribution in [3.63, 3.8) is 0 Å². The van der Waals surface area contributed by atoms with Crippen LogP contribution < -0.4 is 10.6 Å². The van der Waals surface area contributed by atoms with Crippen LogP contribution in [0.2, 0.25) is 0 Å². The van der Waals surface area contributed by atoms with E-state index in [1.807, 2.05) is 0 Å². The van der Waals surface area contributed by atoms with Gasteiger partial charge in [-0.15, -0.1) is 0 Å². The summed E-state index contributed by atoms with van der Waals surface area (Å²) in [6, 6.07) is -1.21. The zero-order valence-electron chi connectivity index (χ0n) is 7.18. The Kier molecular flexibility index (Phi) is 4.19. The van der Waals surface area contributed by atoms with E-state index in [4.69, 9.17) is 5.11 Å². The molecule has 0 aliphatic carbocycles. The predicted molar refractivity (Wildman–Crippen MR) is 39.7 cm³/mol. The quantitative estimate of drug-likeness (QED) is 0.633. The van der Waals surface area contributed by atoms with E-state index in [1.54, 1.807) is 5.32 Å². The highest BCUT2D eigenvalue weighted by atomic mass is 19.4. The molecule has 0 aromatic carbocycles. The summed E-state index contributed by atoms with van der Waals surface area (Å²) in [6.45, 7) is -0.336. The van der Waals surface area contributed by atoms with Gasteiger partial charge >= 0.3 is 12.3 Å². The fourth-order valence-corrected chi connectivity index (χ4v) is 0.591. The predicted octanol–water partition coefficient (Wildman–Crippen LogP) is 0.321. The normalized spacial score (nSPS) is 13.1. The monoisotopic (exact) mass is 214 g/mol. The Balaban J connectivity index is 3.91. The number of carbonyl (C=O) groups excluding carboxylic acids is 1. The first kappa shape index (κ1) is 12.5. The van der Waals surface area contributed by atoms with E-state index >= 15 is 0 Å². The molecule has 0 bridgehead atoms. The Morgan fingerprint density at radius 1 is 1.43 bits per heavy atom. The summed E-state index contributed by atoms with van der Waals surface area (Å²) < 4.78 is 34.8. The van der Waals surface area contributed by atoms with Crippen molar-refractivity contribution in [2.45, 2.75) is 19.1 Å². The average molecular weight is 214 g/mol. The van der Waals surface area contributed by atoms with Crippen LogP contribution in [0, 0.1) is 0 Å². The standard InChI is InChI=1S/C6H9F3N2O3/c1-3(11-5(13)14)4(12)10-2-6(7,8)9/h3,11H,2H2,1H3,(H,10,12)(H,13,14)/t3-/m1/s1. The van der Waals surface area contributed by atoms with Crippen molar-refractivity contribution in [2.75, 3.05) is 6.54 Å². The SMILES string of the molecule is C[C@@H](NC(=O)O)C(=O)NCC(F)(F)F. The number of carboxylic acid groups (broad SMARTS) is 1. The zero-order valence-corrected chi connectivity index (χ0v) is 7.18. The van der Waals surface area contributed by atoms with Crippen molar-refractivity contribution in [3.05, 3.63) is 0 Å². The largest absolute Gasteiger partial charge is 0.465 e. The molecule has 0 aromatic heterocycles. The molecule has 0 saturated heterocycles. The van der Waals surface area contributed by atoms with Crippen LogP contribution in [0.3, 0.4) is 0 Å². The molecule has 3 N–H and O–H groups in total. The Labute approximate surface area is 77.3 Å². The summed E-state index contributed by atoms with van der Waals surface area (Å²) in [5, 5.41) is 11.4. The van der Waals surface area contributed by atoms with Gasteiger partial charge in [0.05, 0.1) is 0 Å². The van der Waals surface area contributed by atoms with Gasteiger partial charge in [0.25, 0.3) is 0 Å². The van der Waals surface area contributed by atoms with Crippen LogP contribution in [0.15, 0.2) is 0 Å². The lowest BCUT2D eigenvalue weighted by molar-refractivity contribution is -0.139. The van der Waals surface area contributed by atoms with E-state index in [0.717, 1.165) is 6.92 Å². The summed E-state index contributed by atoms with van der Waals surface area (Å²) >= 11 is 0. The van der Waals surface area contributed by atoms with Gasteiger partial charge in [0, 0.05) is 0 Å². The van der Waals surface area contributed by atoms with Gasteiger partial charge in [-0.2, -0.15) is 13.2 Å². The zero-order chi connectivity index (χ0) is 11.4. The molecule has 0 rings (SSSR count). The second kappa shape index (κ2) is 4.68. The molecular formula is C6H9F3N2O3.